The van der Waals surface area contributed by atoms with Crippen LogP contribution in [-0.2, 0) is 0 Å². The van der Waals surface area contributed by atoms with E-state index in [1.807, 2.05) is 20.8 Å². The third kappa shape index (κ3) is 3.97. The fraction of sp³-hybridized carbons (Fsp3) is 0.579. The molecular weight excluding hydrogens is 340 g/mol. The summed E-state index contributed by atoms with van der Waals surface area (Å²) < 4.78 is 32.3. The summed E-state index contributed by atoms with van der Waals surface area (Å²) in [5.74, 6) is -2.25. The van der Waals surface area contributed by atoms with Crippen LogP contribution in [-0.4, -0.2) is 46.9 Å². The molecule has 0 spiro atoms. The highest BCUT2D eigenvalue weighted by atomic mass is 19.3. The van der Waals surface area contributed by atoms with Crippen LogP contribution in [0.4, 0.5) is 14.5 Å². The van der Waals surface area contributed by atoms with E-state index in [9.17, 15) is 13.6 Å². The molecule has 2 fully saturated rings. The number of carbonyl (C=O) groups is 1. The van der Waals surface area contributed by atoms with Crippen LogP contribution in [0.3, 0.4) is 0 Å². The van der Waals surface area contributed by atoms with Crippen LogP contribution < -0.4 is 9.64 Å². The van der Waals surface area contributed by atoms with Gasteiger partial charge in [0.15, 0.2) is 0 Å². The molecule has 1 aliphatic carbocycles. The number of alkyl halides is 2. The van der Waals surface area contributed by atoms with Gasteiger partial charge in [0.1, 0.15) is 11.4 Å². The first kappa shape index (κ1) is 18.6. The second-order valence-corrected chi connectivity index (χ2v) is 8.02. The van der Waals surface area contributed by atoms with Crippen molar-refractivity contribution in [3.63, 3.8) is 0 Å². The maximum atomic E-state index is 13.2. The second-order valence-electron chi connectivity index (χ2n) is 8.02. The Labute approximate surface area is 152 Å². The van der Waals surface area contributed by atoms with Crippen LogP contribution in [0.15, 0.2) is 24.9 Å². The van der Waals surface area contributed by atoms with Gasteiger partial charge in [-0.3, -0.25) is 4.79 Å². The van der Waals surface area contributed by atoms with Crippen molar-refractivity contribution in [3.8, 4) is 5.88 Å². The Balaban J connectivity index is 1.86. The van der Waals surface area contributed by atoms with Crippen LogP contribution in [0.25, 0.3) is 0 Å². The Bertz CT molecular complexity index is 703. The molecule has 142 valence electrons. The van der Waals surface area contributed by atoms with Crippen molar-refractivity contribution in [1.82, 2.24) is 9.88 Å². The van der Waals surface area contributed by atoms with E-state index >= 15 is 0 Å². The molecule has 0 unspecified atom stereocenters. The minimum atomic E-state index is -2.69. The van der Waals surface area contributed by atoms with Gasteiger partial charge in [-0.2, -0.15) is 0 Å². The van der Waals surface area contributed by atoms with Gasteiger partial charge in [0, 0.05) is 11.7 Å². The first-order valence-corrected chi connectivity index (χ1v) is 8.83. The van der Waals surface area contributed by atoms with Crippen molar-refractivity contribution in [2.24, 2.45) is 5.92 Å². The lowest BCUT2D eigenvalue weighted by molar-refractivity contribution is -0.0265. The Morgan fingerprint density at radius 3 is 2.58 bits per heavy atom. The molecule has 1 amide bonds. The summed E-state index contributed by atoms with van der Waals surface area (Å²) in [5, 5.41) is 0. The lowest BCUT2D eigenvalue weighted by atomic mass is 10.1. The maximum absolute atomic E-state index is 13.2. The van der Waals surface area contributed by atoms with Gasteiger partial charge in [-0.1, -0.05) is 6.58 Å². The van der Waals surface area contributed by atoms with Gasteiger partial charge in [0.25, 0.3) is 11.8 Å². The fourth-order valence-corrected chi connectivity index (χ4v) is 2.85. The van der Waals surface area contributed by atoms with E-state index in [0.717, 1.165) is 12.8 Å². The van der Waals surface area contributed by atoms with Gasteiger partial charge >= 0.3 is 0 Å². The molecule has 3 rings (SSSR count). The van der Waals surface area contributed by atoms with Gasteiger partial charge in [-0.05, 0) is 51.7 Å². The summed E-state index contributed by atoms with van der Waals surface area (Å²) in [7, 11) is 0. The summed E-state index contributed by atoms with van der Waals surface area (Å²) in [4.78, 5) is 20.2. The first-order valence-electron chi connectivity index (χ1n) is 8.83. The number of carbonyl (C=O) groups excluding carboxylic acids is 1. The molecule has 1 saturated heterocycles. The van der Waals surface area contributed by atoms with E-state index < -0.39 is 11.5 Å². The largest absolute Gasteiger partial charge is 0.476 e. The molecule has 0 radical (unpaired) electrons. The molecule has 0 N–H and O–H groups in total. The first-order chi connectivity index (χ1) is 12.1. The summed E-state index contributed by atoms with van der Waals surface area (Å²) in [6.07, 6.45) is 3.67. The number of nitrogens with zero attached hydrogens (tertiary/aromatic N) is 3. The minimum absolute atomic E-state index is 0.210. The number of hydrogen-bond acceptors (Lipinski definition) is 4. The van der Waals surface area contributed by atoms with E-state index in [-0.39, 0.29) is 30.6 Å². The molecule has 0 bridgehead atoms. The standard InChI is InChI=1S/C19H25F2N3O2/c1-5-24(18(2,3)4)17(25)14-8-9-15(23-11-19(20,21)12-23)16(22-14)26-10-13-6-7-13/h5,8-9,13H,1,6-7,10-12H2,2-4H3. The highest BCUT2D eigenvalue weighted by Crippen LogP contribution is 2.38. The average Bonchev–Trinajstić information content (AvgIpc) is 3.33. The molecule has 2 heterocycles. The summed E-state index contributed by atoms with van der Waals surface area (Å²) in [6, 6.07) is 3.20. The summed E-state index contributed by atoms with van der Waals surface area (Å²) in [6.45, 7) is 9.17. The van der Waals surface area contributed by atoms with Crippen molar-refractivity contribution in [2.45, 2.75) is 45.1 Å². The predicted molar refractivity (Wildman–Crippen MR) is 95.7 cm³/mol. The molecule has 1 aromatic heterocycles. The molecule has 7 heteroatoms. The van der Waals surface area contributed by atoms with Gasteiger partial charge in [-0.25, -0.2) is 13.8 Å². The average molecular weight is 365 g/mol. The van der Waals surface area contributed by atoms with Crippen molar-refractivity contribution >= 4 is 11.6 Å². The van der Waals surface area contributed by atoms with Crippen LogP contribution >= 0.6 is 0 Å². The van der Waals surface area contributed by atoms with Gasteiger partial charge in [0.05, 0.1) is 19.7 Å². The highest BCUT2D eigenvalue weighted by molar-refractivity contribution is 5.94. The van der Waals surface area contributed by atoms with E-state index in [1.165, 1.54) is 16.0 Å². The minimum Gasteiger partial charge on any atom is -0.476 e. The van der Waals surface area contributed by atoms with Gasteiger partial charge in [0.2, 0.25) is 5.88 Å². The Kier molecular flexibility index (Phi) is 4.67. The molecule has 0 aromatic carbocycles. The monoisotopic (exact) mass is 365 g/mol. The molecule has 26 heavy (non-hydrogen) atoms. The van der Waals surface area contributed by atoms with E-state index in [4.69, 9.17) is 4.74 Å². The number of pyridine rings is 1. The van der Waals surface area contributed by atoms with Crippen LogP contribution in [0.1, 0.15) is 44.1 Å². The molecule has 5 nitrogen and oxygen atoms in total. The lowest BCUT2D eigenvalue weighted by Gasteiger charge is -2.40. The Hall–Kier alpha value is -2.18. The third-order valence-electron chi connectivity index (χ3n) is 4.52. The van der Waals surface area contributed by atoms with Gasteiger partial charge in [-0.15, -0.1) is 0 Å². The maximum Gasteiger partial charge on any atom is 0.282 e. The normalized spacial score (nSPS) is 18.9. The quantitative estimate of drug-likeness (QED) is 0.771. The Morgan fingerprint density at radius 1 is 1.42 bits per heavy atom. The second kappa shape index (κ2) is 6.52. The van der Waals surface area contributed by atoms with Gasteiger partial charge < -0.3 is 14.5 Å². The summed E-state index contributed by atoms with van der Waals surface area (Å²) in [5.41, 5.74) is 0.268. The molecule has 2 aliphatic rings. The third-order valence-corrected chi connectivity index (χ3v) is 4.52. The topological polar surface area (TPSA) is 45.7 Å². The van der Waals surface area contributed by atoms with Crippen molar-refractivity contribution in [1.29, 1.82) is 0 Å². The van der Waals surface area contributed by atoms with Crippen LogP contribution in [0, 0.1) is 5.92 Å². The number of rotatable bonds is 6. The molecular formula is C19H25F2N3O2. The van der Waals surface area contributed by atoms with E-state index in [2.05, 4.69) is 11.6 Å². The molecule has 1 aliphatic heterocycles. The van der Waals surface area contributed by atoms with E-state index in [0.29, 0.717) is 18.2 Å². The number of anilines is 1. The number of amides is 1. The number of hydrogen-bond donors (Lipinski definition) is 0. The smallest absolute Gasteiger partial charge is 0.282 e. The SMILES string of the molecule is C=CN(C(=O)c1ccc(N2CC(F)(F)C2)c(OCC2CC2)n1)C(C)(C)C. The van der Waals surface area contributed by atoms with Crippen molar-refractivity contribution < 1.29 is 18.3 Å². The predicted octanol–water partition coefficient (Wildman–Crippen LogP) is 3.71. The molecule has 1 saturated carbocycles. The Morgan fingerprint density at radius 2 is 2.08 bits per heavy atom. The number of halogens is 2. The zero-order chi connectivity index (χ0) is 19.1. The number of ether oxygens (including phenoxy) is 1. The summed E-state index contributed by atoms with van der Waals surface area (Å²) >= 11 is 0. The van der Waals surface area contributed by atoms with Crippen LogP contribution in [0.2, 0.25) is 0 Å². The molecule has 1 aromatic rings. The zero-order valence-electron chi connectivity index (χ0n) is 15.5. The van der Waals surface area contributed by atoms with E-state index in [1.54, 1.807) is 12.1 Å². The van der Waals surface area contributed by atoms with Crippen molar-refractivity contribution in [2.75, 3.05) is 24.6 Å². The fourth-order valence-electron chi connectivity index (χ4n) is 2.85. The number of aromatic nitrogens is 1. The zero-order valence-corrected chi connectivity index (χ0v) is 15.5. The molecule has 0 atom stereocenters. The van der Waals surface area contributed by atoms with Crippen molar-refractivity contribution in [3.05, 3.63) is 30.6 Å². The lowest BCUT2D eigenvalue weighted by Crippen LogP contribution is -2.56. The van der Waals surface area contributed by atoms with Crippen LogP contribution in [0.5, 0.6) is 5.88 Å². The highest BCUT2D eigenvalue weighted by Gasteiger charge is 2.45.